The standard InChI is InChI=1S/C25H29N3O3S2/c1-24-9-8-19(30)25(2,14-29)18(24)13-17-21(28-22(33-17)15-6-4-3-5-7-15)16(24)12-20(31)27-23-26-10-11-32-23/h3-7,10-11,16,18-19,29-30H,8-9,12-14H2,1-2H3,(H,26,27,31). The molecular formula is C25H29N3O3S2. The molecule has 2 aromatic heterocycles. The van der Waals surface area contributed by atoms with Gasteiger partial charge in [0.15, 0.2) is 5.13 Å². The zero-order chi connectivity index (χ0) is 23.2. The third-order valence-corrected chi connectivity index (χ3v) is 9.81. The molecule has 0 aliphatic heterocycles. The van der Waals surface area contributed by atoms with Gasteiger partial charge in [-0.2, -0.15) is 0 Å². The molecule has 8 heteroatoms. The van der Waals surface area contributed by atoms with Crippen molar-refractivity contribution in [3.63, 3.8) is 0 Å². The minimum absolute atomic E-state index is 0.0491. The molecule has 33 heavy (non-hydrogen) atoms. The molecule has 1 amide bonds. The van der Waals surface area contributed by atoms with Gasteiger partial charge in [-0.3, -0.25) is 4.79 Å². The van der Waals surface area contributed by atoms with Crippen LogP contribution in [0, 0.1) is 16.7 Å². The van der Waals surface area contributed by atoms with E-state index in [9.17, 15) is 15.0 Å². The van der Waals surface area contributed by atoms with Gasteiger partial charge >= 0.3 is 0 Å². The van der Waals surface area contributed by atoms with E-state index in [2.05, 4.69) is 29.4 Å². The van der Waals surface area contributed by atoms with E-state index >= 15 is 0 Å². The second kappa shape index (κ2) is 8.58. The summed E-state index contributed by atoms with van der Waals surface area (Å²) in [6.07, 6.45) is 3.58. The van der Waals surface area contributed by atoms with Crippen LogP contribution in [-0.4, -0.2) is 38.8 Å². The van der Waals surface area contributed by atoms with E-state index in [1.165, 1.54) is 11.3 Å². The number of aliphatic hydroxyl groups excluding tert-OH is 2. The molecule has 1 fully saturated rings. The zero-order valence-electron chi connectivity index (χ0n) is 18.8. The molecule has 0 bridgehead atoms. The number of rotatable bonds is 5. The quantitative estimate of drug-likeness (QED) is 0.488. The van der Waals surface area contributed by atoms with Crippen molar-refractivity contribution >= 4 is 33.7 Å². The normalized spacial score (nSPS) is 31.0. The minimum atomic E-state index is -0.619. The van der Waals surface area contributed by atoms with Gasteiger partial charge in [-0.05, 0) is 30.6 Å². The maximum Gasteiger partial charge on any atom is 0.226 e. The third-order valence-electron chi connectivity index (χ3n) is 7.98. The Labute approximate surface area is 201 Å². The Hall–Kier alpha value is -2.13. The van der Waals surface area contributed by atoms with Crippen molar-refractivity contribution in [2.45, 2.75) is 51.6 Å². The summed E-state index contributed by atoms with van der Waals surface area (Å²) in [5.74, 6) is -0.125. The Morgan fingerprint density at radius 3 is 2.76 bits per heavy atom. The molecule has 0 spiro atoms. The molecular weight excluding hydrogens is 454 g/mol. The first-order valence-corrected chi connectivity index (χ1v) is 13.1. The summed E-state index contributed by atoms with van der Waals surface area (Å²) in [4.78, 5) is 23.5. The lowest BCUT2D eigenvalue weighted by atomic mass is 9.47. The van der Waals surface area contributed by atoms with Crippen molar-refractivity contribution in [2.24, 2.45) is 16.7 Å². The molecule has 0 saturated heterocycles. The molecule has 2 aliphatic rings. The fourth-order valence-electron chi connectivity index (χ4n) is 5.99. The zero-order valence-corrected chi connectivity index (χ0v) is 20.5. The number of benzene rings is 1. The molecule has 5 rings (SSSR count). The summed E-state index contributed by atoms with van der Waals surface area (Å²) in [5, 5.41) is 27.6. The van der Waals surface area contributed by atoms with Crippen molar-refractivity contribution in [3.05, 3.63) is 52.5 Å². The van der Waals surface area contributed by atoms with Crippen molar-refractivity contribution in [1.82, 2.24) is 9.97 Å². The van der Waals surface area contributed by atoms with Crippen LogP contribution in [0.2, 0.25) is 0 Å². The molecule has 5 atom stereocenters. The highest BCUT2D eigenvalue weighted by Crippen LogP contribution is 2.62. The topological polar surface area (TPSA) is 95.3 Å². The molecule has 5 unspecified atom stereocenters. The third kappa shape index (κ3) is 3.83. The van der Waals surface area contributed by atoms with Crippen LogP contribution < -0.4 is 5.32 Å². The van der Waals surface area contributed by atoms with E-state index in [1.807, 2.05) is 30.5 Å². The molecule has 2 heterocycles. The van der Waals surface area contributed by atoms with E-state index in [1.54, 1.807) is 17.5 Å². The predicted molar refractivity (Wildman–Crippen MR) is 131 cm³/mol. The average Bonchev–Trinajstić information content (AvgIpc) is 3.48. The van der Waals surface area contributed by atoms with Gasteiger partial charge in [0.2, 0.25) is 5.91 Å². The van der Waals surface area contributed by atoms with Gasteiger partial charge in [-0.1, -0.05) is 44.2 Å². The SMILES string of the molecule is CC1(CO)C(O)CCC2(C)C(CC(=O)Nc3nccs3)c3nc(-c4ccccc4)sc3CC12. The maximum atomic E-state index is 13.1. The molecule has 3 aromatic rings. The molecule has 0 radical (unpaired) electrons. The minimum Gasteiger partial charge on any atom is -0.396 e. The lowest BCUT2D eigenvalue weighted by Gasteiger charge is -2.58. The number of anilines is 1. The number of carbonyl (C=O) groups is 1. The lowest BCUT2D eigenvalue weighted by Crippen LogP contribution is -2.57. The highest BCUT2D eigenvalue weighted by atomic mass is 32.1. The van der Waals surface area contributed by atoms with Gasteiger partial charge in [0.25, 0.3) is 0 Å². The van der Waals surface area contributed by atoms with E-state index in [-0.39, 0.29) is 29.8 Å². The Balaban J connectivity index is 1.57. The maximum absolute atomic E-state index is 13.1. The molecule has 174 valence electrons. The summed E-state index contributed by atoms with van der Waals surface area (Å²) in [5.41, 5.74) is 1.20. The van der Waals surface area contributed by atoms with Crippen LogP contribution in [0.25, 0.3) is 10.6 Å². The summed E-state index contributed by atoms with van der Waals surface area (Å²) in [6, 6.07) is 10.1. The van der Waals surface area contributed by atoms with Crippen molar-refractivity contribution in [1.29, 1.82) is 0 Å². The van der Waals surface area contributed by atoms with E-state index in [0.717, 1.165) is 34.0 Å². The molecule has 2 aliphatic carbocycles. The Morgan fingerprint density at radius 1 is 1.27 bits per heavy atom. The van der Waals surface area contributed by atoms with Crippen LogP contribution in [0.4, 0.5) is 5.13 Å². The second-order valence-corrected chi connectivity index (χ2v) is 11.8. The van der Waals surface area contributed by atoms with Gasteiger partial charge in [-0.15, -0.1) is 22.7 Å². The number of aromatic nitrogens is 2. The number of carbonyl (C=O) groups excluding carboxylic acids is 1. The van der Waals surface area contributed by atoms with Crippen molar-refractivity contribution in [2.75, 3.05) is 11.9 Å². The van der Waals surface area contributed by atoms with Crippen LogP contribution in [0.5, 0.6) is 0 Å². The van der Waals surface area contributed by atoms with Gasteiger partial charge in [-0.25, -0.2) is 9.97 Å². The van der Waals surface area contributed by atoms with Gasteiger partial charge < -0.3 is 15.5 Å². The van der Waals surface area contributed by atoms with E-state index in [0.29, 0.717) is 18.0 Å². The first-order valence-electron chi connectivity index (χ1n) is 11.4. The number of hydrogen-bond acceptors (Lipinski definition) is 7. The molecule has 6 nitrogen and oxygen atoms in total. The van der Waals surface area contributed by atoms with Gasteiger partial charge in [0, 0.05) is 39.8 Å². The second-order valence-electron chi connectivity index (χ2n) is 9.82. The van der Waals surface area contributed by atoms with Gasteiger partial charge in [0.05, 0.1) is 18.4 Å². The fourth-order valence-corrected chi connectivity index (χ4v) is 7.71. The summed E-state index contributed by atoms with van der Waals surface area (Å²) < 4.78 is 0. The summed E-state index contributed by atoms with van der Waals surface area (Å²) in [7, 11) is 0. The number of nitrogens with zero attached hydrogens (tertiary/aromatic N) is 2. The van der Waals surface area contributed by atoms with E-state index in [4.69, 9.17) is 4.98 Å². The lowest BCUT2D eigenvalue weighted by molar-refractivity contribution is -0.143. The number of nitrogens with one attached hydrogen (secondary N) is 1. The largest absolute Gasteiger partial charge is 0.396 e. The van der Waals surface area contributed by atoms with Crippen LogP contribution in [0.3, 0.4) is 0 Å². The first kappa shape index (κ1) is 22.7. The predicted octanol–water partition coefficient (Wildman–Crippen LogP) is 4.71. The number of fused-ring (bicyclic) bond motifs is 2. The molecule has 1 saturated carbocycles. The smallest absolute Gasteiger partial charge is 0.226 e. The fraction of sp³-hybridized carbons (Fsp3) is 0.480. The Morgan fingerprint density at radius 2 is 2.06 bits per heavy atom. The van der Waals surface area contributed by atoms with Crippen LogP contribution in [0.1, 0.15) is 49.6 Å². The van der Waals surface area contributed by atoms with Crippen LogP contribution >= 0.6 is 22.7 Å². The molecule has 3 N–H and O–H groups in total. The summed E-state index contributed by atoms with van der Waals surface area (Å²) >= 11 is 3.08. The van der Waals surface area contributed by atoms with E-state index < -0.39 is 11.5 Å². The Bertz CT molecular complexity index is 1130. The monoisotopic (exact) mass is 483 g/mol. The van der Waals surface area contributed by atoms with Crippen LogP contribution in [0.15, 0.2) is 41.9 Å². The number of thiazole rings is 2. The van der Waals surface area contributed by atoms with Crippen molar-refractivity contribution < 1.29 is 15.0 Å². The highest BCUT2D eigenvalue weighted by Gasteiger charge is 2.59. The average molecular weight is 484 g/mol. The van der Waals surface area contributed by atoms with Gasteiger partial charge in [0.1, 0.15) is 5.01 Å². The van der Waals surface area contributed by atoms with Crippen LogP contribution in [-0.2, 0) is 11.2 Å². The number of hydrogen-bond donors (Lipinski definition) is 3. The summed E-state index contributed by atoms with van der Waals surface area (Å²) in [6.45, 7) is 4.14. The Kier molecular flexibility index (Phi) is 5.89. The molecule has 1 aromatic carbocycles. The number of aliphatic hydroxyl groups is 2. The number of amides is 1. The van der Waals surface area contributed by atoms with Crippen molar-refractivity contribution in [3.8, 4) is 10.6 Å². The highest BCUT2D eigenvalue weighted by molar-refractivity contribution is 7.15. The first-order chi connectivity index (χ1) is 15.8.